The molecule has 2 heterocycles. The van der Waals surface area contributed by atoms with Crippen LogP contribution in [0.15, 0.2) is 22.4 Å². The van der Waals surface area contributed by atoms with Crippen LogP contribution in [0.25, 0.3) is 10.9 Å². The number of thioether (sulfide) groups is 1. The van der Waals surface area contributed by atoms with Gasteiger partial charge in [-0.25, -0.2) is 4.98 Å². The zero-order valence-electron chi connectivity index (χ0n) is 12.9. The molecule has 6 heteroatoms. The van der Waals surface area contributed by atoms with Gasteiger partial charge in [0.05, 0.1) is 21.0 Å². The first-order valence-corrected chi connectivity index (χ1v) is 8.96. The minimum atomic E-state index is -0.131. The van der Waals surface area contributed by atoms with Gasteiger partial charge >= 0.3 is 0 Å². The summed E-state index contributed by atoms with van der Waals surface area (Å²) in [5.74, 6) is -0.131. The summed E-state index contributed by atoms with van der Waals surface area (Å²) in [4.78, 5) is 20.3. The number of carbonyl (C=O) groups excluding carboxylic acids is 1. The van der Waals surface area contributed by atoms with Gasteiger partial charge in [0.25, 0.3) is 5.91 Å². The van der Waals surface area contributed by atoms with Crippen LogP contribution in [0.5, 0.6) is 0 Å². The van der Waals surface area contributed by atoms with Crippen molar-refractivity contribution in [1.29, 1.82) is 0 Å². The molecular weight excluding hydrogens is 314 g/mol. The van der Waals surface area contributed by atoms with Gasteiger partial charge in [0.15, 0.2) is 5.13 Å². The lowest BCUT2D eigenvalue weighted by atomic mass is 10.1. The fourth-order valence-electron chi connectivity index (χ4n) is 2.46. The van der Waals surface area contributed by atoms with Crippen LogP contribution in [-0.4, -0.2) is 22.1 Å². The van der Waals surface area contributed by atoms with Crippen LogP contribution in [0.4, 0.5) is 5.13 Å². The highest BCUT2D eigenvalue weighted by atomic mass is 32.2. The summed E-state index contributed by atoms with van der Waals surface area (Å²) in [6, 6.07) is 5.78. The number of aromatic nitrogens is 2. The number of hydrogen-bond donors (Lipinski definition) is 2. The Morgan fingerprint density at radius 1 is 1.32 bits per heavy atom. The highest BCUT2D eigenvalue weighted by Gasteiger charge is 2.16. The molecule has 0 unspecified atom stereocenters. The number of benzene rings is 1. The number of H-pyrrole nitrogens is 1. The van der Waals surface area contributed by atoms with Crippen LogP contribution < -0.4 is 5.32 Å². The van der Waals surface area contributed by atoms with Gasteiger partial charge in [0, 0.05) is 11.1 Å². The molecule has 0 radical (unpaired) electrons. The molecule has 0 atom stereocenters. The number of anilines is 1. The van der Waals surface area contributed by atoms with Crippen molar-refractivity contribution in [2.45, 2.75) is 25.0 Å². The molecule has 22 heavy (non-hydrogen) atoms. The number of aromatic amines is 1. The Labute approximate surface area is 137 Å². The SMILES string of the molecule is CSc1sc(NC(=O)c2cccc3c(C)c(C)[nH]c23)nc1C. The number of carbonyl (C=O) groups is 1. The minimum Gasteiger partial charge on any atom is -0.358 e. The maximum Gasteiger partial charge on any atom is 0.259 e. The van der Waals surface area contributed by atoms with E-state index in [1.165, 1.54) is 16.9 Å². The molecule has 1 aromatic carbocycles. The number of aryl methyl sites for hydroxylation is 3. The summed E-state index contributed by atoms with van der Waals surface area (Å²) in [5, 5.41) is 4.64. The Kier molecular flexibility index (Phi) is 3.97. The van der Waals surface area contributed by atoms with Gasteiger partial charge < -0.3 is 4.98 Å². The van der Waals surface area contributed by atoms with Crippen LogP contribution in [0.1, 0.15) is 27.3 Å². The molecule has 0 saturated carbocycles. The molecule has 4 nitrogen and oxygen atoms in total. The Bertz CT molecular complexity index is 864. The van der Waals surface area contributed by atoms with Gasteiger partial charge in [-0.05, 0) is 38.7 Å². The lowest BCUT2D eigenvalue weighted by Gasteiger charge is -2.03. The van der Waals surface area contributed by atoms with Gasteiger partial charge in [-0.15, -0.1) is 11.8 Å². The highest BCUT2D eigenvalue weighted by Crippen LogP contribution is 2.31. The Morgan fingerprint density at radius 3 is 2.77 bits per heavy atom. The van der Waals surface area contributed by atoms with E-state index in [0.717, 1.165) is 26.5 Å². The van der Waals surface area contributed by atoms with Crippen LogP contribution in [0, 0.1) is 20.8 Å². The molecule has 3 aromatic rings. The second-order valence-corrected chi connectivity index (χ2v) is 7.23. The molecule has 0 spiro atoms. The lowest BCUT2D eigenvalue weighted by Crippen LogP contribution is -2.12. The van der Waals surface area contributed by atoms with Crippen molar-refractivity contribution >= 4 is 45.0 Å². The zero-order valence-corrected chi connectivity index (χ0v) is 14.5. The van der Waals surface area contributed by atoms with Crippen molar-refractivity contribution < 1.29 is 4.79 Å². The Hall–Kier alpha value is -1.79. The normalized spacial score (nSPS) is 11.1. The van der Waals surface area contributed by atoms with Crippen LogP contribution >= 0.6 is 23.1 Å². The molecule has 0 aliphatic heterocycles. The topological polar surface area (TPSA) is 57.8 Å². The Morgan fingerprint density at radius 2 is 2.09 bits per heavy atom. The summed E-state index contributed by atoms with van der Waals surface area (Å²) in [6.07, 6.45) is 2.01. The number of hydrogen-bond acceptors (Lipinski definition) is 4. The average molecular weight is 331 g/mol. The summed E-state index contributed by atoms with van der Waals surface area (Å²) in [6.45, 7) is 6.03. The van der Waals surface area contributed by atoms with Crippen molar-refractivity contribution in [1.82, 2.24) is 9.97 Å². The zero-order chi connectivity index (χ0) is 15.9. The number of nitrogens with zero attached hydrogens (tertiary/aromatic N) is 1. The third-order valence-electron chi connectivity index (χ3n) is 3.75. The summed E-state index contributed by atoms with van der Waals surface area (Å²) < 4.78 is 1.13. The summed E-state index contributed by atoms with van der Waals surface area (Å²) >= 11 is 3.15. The second kappa shape index (κ2) is 5.78. The van der Waals surface area contributed by atoms with E-state index in [0.29, 0.717) is 10.7 Å². The minimum absolute atomic E-state index is 0.131. The van der Waals surface area contributed by atoms with Crippen molar-refractivity contribution in [2.75, 3.05) is 11.6 Å². The van der Waals surface area contributed by atoms with Crippen molar-refractivity contribution in [3.05, 3.63) is 40.7 Å². The molecule has 1 amide bonds. The van der Waals surface area contributed by atoms with E-state index in [4.69, 9.17) is 0 Å². The number of amides is 1. The molecule has 0 aliphatic rings. The van der Waals surface area contributed by atoms with Gasteiger partial charge in [-0.2, -0.15) is 0 Å². The van der Waals surface area contributed by atoms with Crippen LogP contribution in [0.2, 0.25) is 0 Å². The fraction of sp³-hybridized carbons (Fsp3) is 0.250. The predicted molar refractivity (Wildman–Crippen MR) is 94.4 cm³/mol. The molecular formula is C16H17N3OS2. The molecule has 2 aromatic heterocycles. The maximum absolute atomic E-state index is 12.6. The molecule has 0 saturated heterocycles. The number of rotatable bonds is 3. The van der Waals surface area contributed by atoms with Crippen LogP contribution in [0.3, 0.4) is 0 Å². The van der Waals surface area contributed by atoms with E-state index in [1.807, 2.05) is 38.3 Å². The molecule has 2 N–H and O–H groups in total. The first kappa shape index (κ1) is 15.1. The smallest absolute Gasteiger partial charge is 0.259 e. The largest absolute Gasteiger partial charge is 0.358 e. The standard InChI is InChI=1S/C16H17N3OS2/c1-8-9(2)17-13-11(8)6-5-7-12(13)14(20)19-16-18-10(3)15(21-4)22-16/h5-7,17H,1-4H3,(H,18,19,20). The third-order valence-corrected chi connectivity index (χ3v) is 6.03. The summed E-state index contributed by atoms with van der Waals surface area (Å²) in [5.41, 5.74) is 4.75. The number of nitrogens with one attached hydrogen (secondary N) is 2. The molecule has 0 aliphatic carbocycles. The molecule has 3 rings (SSSR count). The maximum atomic E-state index is 12.6. The van der Waals surface area contributed by atoms with Gasteiger partial charge in [0.2, 0.25) is 0 Å². The second-order valence-electron chi connectivity index (χ2n) is 5.15. The number of para-hydroxylation sites is 1. The predicted octanol–water partition coefficient (Wildman–Crippen LogP) is 4.52. The molecule has 0 bridgehead atoms. The quantitative estimate of drug-likeness (QED) is 0.694. The first-order valence-electron chi connectivity index (χ1n) is 6.92. The van der Waals surface area contributed by atoms with Crippen molar-refractivity contribution in [2.24, 2.45) is 0 Å². The monoisotopic (exact) mass is 331 g/mol. The third kappa shape index (κ3) is 2.53. The number of fused-ring (bicyclic) bond motifs is 1. The van der Waals surface area contributed by atoms with Gasteiger partial charge in [-0.1, -0.05) is 23.5 Å². The van der Waals surface area contributed by atoms with E-state index in [1.54, 1.807) is 11.8 Å². The Balaban J connectivity index is 1.96. The van der Waals surface area contributed by atoms with Crippen molar-refractivity contribution in [3.63, 3.8) is 0 Å². The van der Waals surface area contributed by atoms with Gasteiger partial charge in [0.1, 0.15) is 0 Å². The highest BCUT2D eigenvalue weighted by molar-refractivity contribution is 8.00. The van der Waals surface area contributed by atoms with Crippen LogP contribution in [-0.2, 0) is 0 Å². The van der Waals surface area contributed by atoms with E-state index < -0.39 is 0 Å². The summed E-state index contributed by atoms with van der Waals surface area (Å²) in [7, 11) is 0. The van der Waals surface area contributed by atoms with Crippen molar-refractivity contribution in [3.8, 4) is 0 Å². The first-order chi connectivity index (χ1) is 10.5. The van der Waals surface area contributed by atoms with E-state index in [-0.39, 0.29) is 5.91 Å². The van der Waals surface area contributed by atoms with E-state index in [2.05, 4.69) is 22.2 Å². The number of thiazole rings is 1. The average Bonchev–Trinajstić information content (AvgIpc) is 2.99. The molecule has 0 fully saturated rings. The van der Waals surface area contributed by atoms with E-state index in [9.17, 15) is 4.79 Å². The fourth-order valence-corrected chi connectivity index (χ4v) is 4.07. The lowest BCUT2D eigenvalue weighted by molar-refractivity contribution is 0.102. The van der Waals surface area contributed by atoms with E-state index >= 15 is 0 Å². The van der Waals surface area contributed by atoms with Gasteiger partial charge in [-0.3, -0.25) is 10.1 Å². The molecule has 114 valence electrons.